The second-order valence-corrected chi connectivity index (χ2v) is 5.46. The monoisotopic (exact) mass is 329 g/mol. The summed E-state index contributed by atoms with van der Waals surface area (Å²) in [7, 11) is 1.65. The largest absolute Gasteiger partial charge is 0.490 e. The zero-order valence-corrected chi connectivity index (χ0v) is 12.7. The quantitative estimate of drug-likeness (QED) is 0.815. The first-order chi connectivity index (χ1) is 9.22. The maximum absolute atomic E-state index is 6.23. The molecule has 19 heavy (non-hydrogen) atoms. The van der Waals surface area contributed by atoms with Gasteiger partial charge in [-0.15, -0.1) is 0 Å². The highest BCUT2D eigenvalue weighted by atomic mass is 79.9. The van der Waals surface area contributed by atoms with Gasteiger partial charge in [0.15, 0.2) is 0 Å². The summed E-state index contributed by atoms with van der Waals surface area (Å²) in [5, 5.41) is 0. The molecule has 0 saturated carbocycles. The van der Waals surface area contributed by atoms with Gasteiger partial charge in [-0.1, -0.05) is 6.07 Å². The normalized spacial score (nSPS) is 20.5. The van der Waals surface area contributed by atoms with Crippen molar-refractivity contribution in [2.75, 3.05) is 26.9 Å². The molecule has 1 aromatic carbocycles. The molecule has 1 aromatic rings. The molecule has 0 amide bonds. The van der Waals surface area contributed by atoms with E-state index in [0.29, 0.717) is 13.2 Å². The smallest absolute Gasteiger partial charge is 0.133 e. The average molecular weight is 330 g/mol. The summed E-state index contributed by atoms with van der Waals surface area (Å²) in [6.45, 7) is 1.92. The van der Waals surface area contributed by atoms with Gasteiger partial charge in [0.25, 0.3) is 0 Å². The van der Waals surface area contributed by atoms with Crippen molar-refractivity contribution >= 4 is 15.9 Å². The Kier molecular flexibility index (Phi) is 5.63. The number of halogens is 1. The summed E-state index contributed by atoms with van der Waals surface area (Å²) < 4.78 is 17.1. The van der Waals surface area contributed by atoms with Crippen molar-refractivity contribution in [2.45, 2.75) is 25.0 Å². The molecule has 0 bridgehead atoms. The van der Waals surface area contributed by atoms with Gasteiger partial charge in [0, 0.05) is 13.7 Å². The van der Waals surface area contributed by atoms with Gasteiger partial charge < -0.3 is 19.9 Å². The van der Waals surface area contributed by atoms with E-state index in [1.807, 2.05) is 18.2 Å². The van der Waals surface area contributed by atoms with Crippen LogP contribution in [0.5, 0.6) is 5.75 Å². The van der Waals surface area contributed by atoms with Gasteiger partial charge in [-0.2, -0.15) is 0 Å². The highest BCUT2D eigenvalue weighted by Crippen LogP contribution is 2.31. The van der Waals surface area contributed by atoms with Crippen LogP contribution in [0.4, 0.5) is 0 Å². The van der Waals surface area contributed by atoms with Crippen molar-refractivity contribution in [1.29, 1.82) is 0 Å². The summed E-state index contributed by atoms with van der Waals surface area (Å²) >= 11 is 3.51. The number of hydrogen-bond acceptors (Lipinski definition) is 4. The number of rotatable bonds is 6. The van der Waals surface area contributed by atoms with Crippen LogP contribution in [-0.4, -0.2) is 33.0 Å². The Morgan fingerprint density at radius 3 is 2.95 bits per heavy atom. The predicted octanol–water partition coefficient (Wildman–Crippen LogP) is 2.65. The van der Waals surface area contributed by atoms with Crippen molar-refractivity contribution in [3.63, 3.8) is 0 Å². The summed E-state index contributed by atoms with van der Waals surface area (Å²) in [6.07, 6.45) is 2.26. The van der Waals surface area contributed by atoms with E-state index in [0.717, 1.165) is 35.2 Å². The maximum atomic E-state index is 6.23. The van der Waals surface area contributed by atoms with E-state index >= 15 is 0 Å². The Labute approximate surface area is 122 Å². The number of hydrogen-bond donors (Lipinski definition) is 1. The predicted molar refractivity (Wildman–Crippen MR) is 77.4 cm³/mol. The average Bonchev–Trinajstić information content (AvgIpc) is 2.94. The number of nitrogens with two attached hydrogens (primary N) is 1. The molecule has 106 valence electrons. The standard InChI is InChI=1S/C14H20BrNO3/c1-17-7-8-19-12-5-4-10(9-11(12)15)14(16)13-3-2-6-18-13/h4-5,9,13-14H,2-3,6-8,16H2,1H3. The Morgan fingerprint density at radius 2 is 2.32 bits per heavy atom. The van der Waals surface area contributed by atoms with Crippen molar-refractivity contribution in [2.24, 2.45) is 5.73 Å². The molecule has 2 rings (SSSR count). The van der Waals surface area contributed by atoms with Gasteiger partial charge in [0.05, 0.1) is 23.2 Å². The summed E-state index contributed by atoms with van der Waals surface area (Å²) in [5.41, 5.74) is 7.30. The Bertz CT molecular complexity index is 408. The van der Waals surface area contributed by atoms with E-state index in [1.165, 1.54) is 0 Å². The molecule has 0 aliphatic carbocycles. The molecular formula is C14H20BrNO3. The van der Waals surface area contributed by atoms with Crippen molar-refractivity contribution in [1.82, 2.24) is 0 Å². The lowest BCUT2D eigenvalue weighted by atomic mass is 10.0. The lowest BCUT2D eigenvalue weighted by molar-refractivity contribution is 0.0900. The summed E-state index contributed by atoms with van der Waals surface area (Å²) in [4.78, 5) is 0. The van der Waals surface area contributed by atoms with Crippen LogP contribution >= 0.6 is 15.9 Å². The van der Waals surface area contributed by atoms with Crippen LogP contribution in [0.3, 0.4) is 0 Å². The first-order valence-corrected chi connectivity index (χ1v) is 7.30. The van der Waals surface area contributed by atoms with E-state index < -0.39 is 0 Å². The Morgan fingerprint density at radius 1 is 1.47 bits per heavy atom. The van der Waals surface area contributed by atoms with Crippen LogP contribution in [0.1, 0.15) is 24.4 Å². The van der Waals surface area contributed by atoms with E-state index in [1.54, 1.807) is 7.11 Å². The van der Waals surface area contributed by atoms with Gasteiger partial charge in [0.1, 0.15) is 12.4 Å². The van der Waals surface area contributed by atoms with E-state index in [4.69, 9.17) is 19.9 Å². The van der Waals surface area contributed by atoms with E-state index in [-0.39, 0.29) is 12.1 Å². The van der Waals surface area contributed by atoms with Gasteiger partial charge in [0.2, 0.25) is 0 Å². The lowest BCUT2D eigenvalue weighted by Crippen LogP contribution is -2.25. The molecular weight excluding hydrogens is 310 g/mol. The topological polar surface area (TPSA) is 53.7 Å². The van der Waals surface area contributed by atoms with Crippen molar-refractivity contribution < 1.29 is 14.2 Å². The fourth-order valence-corrected chi connectivity index (χ4v) is 2.69. The molecule has 1 heterocycles. The van der Waals surface area contributed by atoms with Crippen LogP contribution < -0.4 is 10.5 Å². The number of ether oxygens (including phenoxy) is 3. The van der Waals surface area contributed by atoms with Gasteiger partial charge >= 0.3 is 0 Å². The Hall–Kier alpha value is -0.620. The van der Waals surface area contributed by atoms with Crippen LogP contribution in [0.15, 0.2) is 22.7 Å². The van der Waals surface area contributed by atoms with Crippen molar-refractivity contribution in [3.05, 3.63) is 28.2 Å². The summed E-state index contributed by atoms with van der Waals surface area (Å²) in [6, 6.07) is 5.87. The minimum Gasteiger partial charge on any atom is -0.490 e. The van der Waals surface area contributed by atoms with E-state index in [2.05, 4.69) is 15.9 Å². The molecule has 0 spiro atoms. The molecule has 4 nitrogen and oxygen atoms in total. The van der Waals surface area contributed by atoms with Crippen LogP contribution in [0.25, 0.3) is 0 Å². The lowest BCUT2D eigenvalue weighted by Gasteiger charge is -2.19. The molecule has 2 N–H and O–H groups in total. The Balaban J connectivity index is 2.00. The van der Waals surface area contributed by atoms with Crippen LogP contribution in [0, 0.1) is 0 Å². The first-order valence-electron chi connectivity index (χ1n) is 6.50. The molecule has 0 aromatic heterocycles. The number of methoxy groups -OCH3 is 1. The fourth-order valence-electron chi connectivity index (χ4n) is 2.18. The zero-order chi connectivity index (χ0) is 13.7. The molecule has 1 saturated heterocycles. The molecule has 0 radical (unpaired) electrons. The molecule has 5 heteroatoms. The molecule has 2 atom stereocenters. The van der Waals surface area contributed by atoms with Gasteiger partial charge in [-0.05, 0) is 46.5 Å². The highest BCUT2D eigenvalue weighted by molar-refractivity contribution is 9.10. The third-order valence-corrected chi connectivity index (χ3v) is 3.87. The number of benzene rings is 1. The minimum absolute atomic E-state index is 0.0770. The first kappa shape index (κ1) is 14.8. The highest BCUT2D eigenvalue weighted by Gasteiger charge is 2.24. The third kappa shape index (κ3) is 3.92. The molecule has 1 aliphatic rings. The molecule has 1 aliphatic heterocycles. The van der Waals surface area contributed by atoms with Gasteiger partial charge in [-0.3, -0.25) is 0 Å². The van der Waals surface area contributed by atoms with Crippen molar-refractivity contribution in [3.8, 4) is 5.75 Å². The van der Waals surface area contributed by atoms with E-state index in [9.17, 15) is 0 Å². The second-order valence-electron chi connectivity index (χ2n) is 4.61. The third-order valence-electron chi connectivity index (χ3n) is 3.25. The summed E-state index contributed by atoms with van der Waals surface area (Å²) in [5.74, 6) is 0.806. The fraction of sp³-hybridized carbons (Fsp3) is 0.571. The minimum atomic E-state index is -0.0770. The van der Waals surface area contributed by atoms with Gasteiger partial charge in [-0.25, -0.2) is 0 Å². The molecule has 1 fully saturated rings. The molecule has 2 unspecified atom stereocenters. The van der Waals surface area contributed by atoms with Crippen LogP contribution in [0.2, 0.25) is 0 Å². The SMILES string of the molecule is COCCOc1ccc(C(N)C2CCCO2)cc1Br. The van der Waals surface area contributed by atoms with Crippen LogP contribution in [-0.2, 0) is 9.47 Å². The zero-order valence-electron chi connectivity index (χ0n) is 11.1. The maximum Gasteiger partial charge on any atom is 0.133 e. The second kappa shape index (κ2) is 7.24.